The molecule has 0 aliphatic carbocycles. The van der Waals surface area contributed by atoms with E-state index in [1.807, 2.05) is 7.05 Å². The number of nitrogens with zero attached hydrogens (tertiary/aromatic N) is 1. The van der Waals surface area contributed by atoms with Crippen LogP contribution in [0.5, 0.6) is 5.75 Å². The van der Waals surface area contributed by atoms with Gasteiger partial charge in [-0.15, -0.1) is 0 Å². The van der Waals surface area contributed by atoms with Gasteiger partial charge in [-0.25, -0.2) is 4.79 Å². The van der Waals surface area contributed by atoms with Crippen LogP contribution in [-0.2, 0) is 9.53 Å². The Kier molecular flexibility index (Phi) is 9.10. The summed E-state index contributed by atoms with van der Waals surface area (Å²) in [6.45, 7) is 3.24. The van der Waals surface area contributed by atoms with Crippen molar-refractivity contribution < 1.29 is 34.1 Å². The molecule has 1 aliphatic rings. The maximum absolute atomic E-state index is 12.3. The number of hydrogen-bond acceptors (Lipinski definition) is 6. The SMILES string of the molecule is COc1cc(C(=O)O)cc(C(=O)NCC2COCCN(C)C2)c1.O=CO. The molecule has 1 atom stereocenters. The number of carboxylic acid groups (broad SMARTS) is 2. The number of ether oxygens (including phenoxy) is 2. The van der Waals surface area contributed by atoms with Crippen molar-refractivity contribution in [2.45, 2.75) is 0 Å². The van der Waals surface area contributed by atoms with Crippen LogP contribution in [0.1, 0.15) is 20.7 Å². The Morgan fingerprint density at radius 3 is 2.65 bits per heavy atom. The first-order valence-electron chi connectivity index (χ1n) is 7.96. The van der Waals surface area contributed by atoms with Gasteiger partial charge in [0, 0.05) is 31.1 Å². The lowest BCUT2D eigenvalue weighted by molar-refractivity contribution is -0.122. The first-order valence-corrected chi connectivity index (χ1v) is 7.96. The maximum atomic E-state index is 12.3. The highest BCUT2D eigenvalue weighted by Crippen LogP contribution is 2.17. The number of methoxy groups -OCH3 is 1. The minimum atomic E-state index is -1.10. The number of carbonyl (C=O) groups is 3. The molecule has 1 aromatic carbocycles. The van der Waals surface area contributed by atoms with Crippen LogP contribution < -0.4 is 10.1 Å². The van der Waals surface area contributed by atoms with Crippen molar-refractivity contribution in [3.63, 3.8) is 0 Å². The van der Waals surface area contributed by atoms with Crippen LogP contribution in [0.2, 0.25) is 0 Å². The van der Waals surface area contributed by atoms with Crippen LogP contribution in [0.4, 0.5) is 0 Å². The average Bonchev–Trinajstić information content (AvgIpc) is 2.83. The molecule has 1 saturated heterocycles. The molecule has 3 N–H and O–H groups in total. The molecule has 26 heavy (non-hydrogen) atoms. The first-order chi connectivity index (χ1) is 12.4. The van der Waals surface area contributed by atoms with E-state index in [9.17, 15) is 9.59 Å². The van der Waals surface area contributed by atoms with Gasteiger partial charge in [0.2, 0.25) is 0 Å². The van der Waals surface area contributed by atoms with Crippen LogP contribution in [0.15, 0.2) is 18.2 Å². The van der Waals surface area contributed by atoms with E-state index < -0.39 is 5.97 Å². The number of hydrogen-bond donors (Lipinski definition) is 3. The summed E-state index contributed by atoms with van der Waals surface area (Å²) in [6.07, 6.45) is 0. The zero-order valence-corrected chi connectivity index (χ0v) is 14.8. The summed E-state index contributed by atoms with van der Waals surface area (Å²) in [7, 11) is 3.45. The third-order valence-electron chi connectivity index (χ3n) is 3.74. The molecule has 1 amide bonds. The quantitative estimate of drug-likeness (QED) is 0.638. The predicted octanol–water partition coefficient (Wildman–Crippen LogP) is 0.402. The minimum Gasteiger partial charge on any atom is -0.497 e. The molecule has 1 aliphatic heterocycles. The van der Waals surface area contributed by atoms with E-state index in [1.165, 1.54) is 25.3 Å². The molecular formula is C17H24N2O7. The Labute approximate surface area is 151 Å². The average molecular weight is 368 g/mol. The highest BCUT2D eigenvalue weighted by atomic mass is 16.5. The molecule has 0 radical (unpaired) electrons. The second-order valence-electron chi connectivity index (χ2n) is 5.77. The van der Waals surface area contributed by atoms with E-state index in [-0.39, 0.29) is 29.4 Å². The molecule has 0 aromatic heterocycles. The molecule has 1 heterocycles. The Bertz CT molecular complexity index is 621. The Morgan fingerprint density at radius 1 is 1.38 bits per heavy atom. The Morgan fingerprint density at radius 2 is 2.04 bits per heavy atom. The van der Waals surface area contributed by atoms with Gasteiger partial charge in [-0.1, -0.05) is 0 Å². The summed E-state index contributed by atoms with van der Waals surface area (Å²) in [5.41, 5.74) is 0.289. The minimum absolute atomic E-state index is 0.0204. The molecule has 1 fully saturated rings. The number of carbonyl (C=O) groups excluding carboxylic acids is 1. The van der Waals surface area contributed by atoms with E-state index in [2.05, 4.69) is 10.2 Å². The summed E-state index contributed by atoms with van der Waals surface area (Å²) in [6, 6.07) is 4.25. The third kappa shape index (κ3) is 7.08. The number of carboxylic acids is 1. The zero-order valence-electron chi connectivity index (χ0n) is 14.8. The topological polar surface area (TPSA) is 125 Å². The van der Waals surface area contributed by atoms with Gasteiger partial charge in [0.15, 0.2) is 0 Å². The lowest BCUT2D eigenvalue weighted by Crippen LogP contribution is -2.35. The molecule has 0 spiro atoms. The zero-order chi connectivity index (χ0) is 19.5. The highest BCUT2D eigenvalue weighted by Gasteiger charge is 2.18. The highest BCUT2D eigenvalue weighted by molar-refractivity contribution is 5.98. The van der Waals surface area contributed by atoms with Crippen molar-refractivity contribution in [3.05, 3.63) is 29.3 Å². The summed E-state index contributed by atoms with van der Waals surface area (Å²) in [4.78, 5) is 33.9. The molecule has 0 bridgehead atoms. The standard InChI is InChI=1S/C16H22N2O5.CH2O2/c1-18-3-4-23-10-11(9-18)8-17-15(19)12-5-13(16(20)21)7-14(6-12)22-2;2-1-3/h5-7,11H,3-4,8-10H2,1-2H3,(H,17,19)(H,20,21);1H,(H,2,3). The molecular weight excluding hydrogens is 344 g/mol. The normalized spacial score (nSPS) is 17.2. The van der Waals surface area contributed by atoms with Gasteiger partial charge in [-0.05, 0) is 25.2 Å². The van der Waals surface area contributed by atoms with Crippen LogP contribution in [-0.4, -0.2) is 80.5 Å². The van der Waals surface area contributed by atoms with E-state index >= 15 is 0 Å². The molecule has 0 saturated carbocycles. The number of rotatable bonds is 5. The lowest BCUT2D eigenvalue weighted by Gasteiger charge is -2.19. The molecule has 144 valence electrons. The van der Waals surface area contributed by atoms with E-state index in [1.54, 1.807) is 0 Å². The second kappa shape index (κ2) is 11.1. The second-order valence-corrected chi connectivity index (χ2v) is 5.77. The predicted molar refractivity (Wildman–Crippen MR) is 92.8 cm³/mol. The summed E-state index contributed by atoms with van der Waals surface area (Å²) in [5, 5.41) is 18.8. The van der Waals surface area contributed by atoms with E-state index in [0.717, 1.165) is 13.1 Å². The van der Waals surface area contributed by atoms with Crippen molar-refractivity contribution in [3.8, 4) is 5.75 Å². The van der Waals surface area contributed by atoms with Crippen LogP contribution >= 0.6 is 0 Å². The summed E-state index contributed by atoms with van der Waals surface area (Å²) < 4.78 is 10.6. The monoisotopic (exact) mass is 368 g/mol. The summed E-state index contributed by atoms with van der Waals surface area (Å²) >= 11 is 0. The number of aromatic carboxylic acids is 1. The number of nitrogens with one attached hydrogen (secondary N) is 1. The first kappa shape index (κ1) is 21.4. The fourth-order valence-electron chi connectivity index (χ4n) is 2.49. The van der Waals surface area contributed by atoms with Gasteiger partial charge < -0.3 is 29.9 Å². The largest absolute Gasteiger partial charge is 0.497 e. The molecule has 1 unspecified atom stereocenters. The number of amides is 1. The Balaban J connectivity index is 0.00000105. The molecule has 9 nitrogen and oxygen atoms in total. The van der Waals surface area contributed by atoms with Gasteiger partial charge in [-0.3, -0.25) is 9.59 Å². The fourth-order valence-corrected chi connectivity index (χ4v) is 2.49. The van der Waals surface area contributed by atoms with E-state index in [4.69, 9.17) is 24.5 Å². The number of likely N-dealkylation sites (N-methyl/N-ethyl adjacent to an activating group) is 1. The van der Waals surface area contributed by atoms with Gasteiger partial charge in [0.25, 0.3) is 12.4 Å². The fraction of sp³-hybridized carbons (Fsp3) is 0.471. The number of benzene rings is 1. The van der Waals surface area contributed by atoms with Crippen molar-refractivity contribution >= 4 is 18.3 Å². The summed E-state index contributed by atoms with van der Waals surface area (Å²) in [5.74, 6) is -0.876. The van der Waals surface area contributed by atoms with Crippen molar-refractivity contribution in [2.24, 2.45) is 5.92 Å². The van der Waals surface area contributed by atoms with Gasteiger partial charge >= 0.3 is 5.97 Å². The van der Waals surface area contributed by atoms with E-state index in [0.29, 0.717) is 25.5 Å². The maximum Gasteiger partial charge on any atom is 0.335 e. The van der Waals surface area contributed by atoms with Crippen molar-refractivity contribution in [1.82, 2.24) is 10.2 Å². The van der Waals surface area contributed by atoms with Crippen LogP contribution in [0.3, 0.4) is 0 Å². The Hall–Kier alpha value is -2.65. The molecule has 9 heteroatoms. The smallest absolute Gasteiger partial charge is 0.335 e. The van der Waals surface area contributed by atoms with Gasteiger partial charge in [0.1, 0.15) is 5.75 Å². The van der Waals surface area contributed by atoms with Crippen molar-refractivity contribution in [2.75, 3.05) is 47.0 Å². The molecule has 1 aromatic rings. The molecule has 2 rings (SSSR count). The van der Waals surface area contributed by atoms with Crippen molar-refractivity contribution in [1.29, 1.82) is 0 Å². The van der Waals surface area contributed by atoms with Gasteiger partial charge in [-0.2, -0.15) is 0 Å². The lowest BCUT2D eigenvalue weighted by atomic mass is 10.1. The van der Waals surface area contributed by atoms with Crippen LogP contribution in [0, 0.1) is 5.92 Å². The van der Waals surface area contributed by atoms with Gasteiger partial charge in [0.05, 0.1) is 25.9 Å². The third-order valence-corrected chi connectivity index (χ3v) is 3.74. The van der Waals surface area contributed by atoms with Crippen LogP contribution in [0.25, 0.3) is 0 Å².